The van der Waals surface area contributed by atoms with E-state index in [0.29, 0.717) is 35.6 Å². The Hall–Kier alpha value is -3.19. The first-order valence-electron chi connectivity index (χ1n) is 10.2. The first-order valence-corrected chi connectivity index (χ1v) is 10.2. The number of anilines is 1. The lowest BCUT2D eigenvalue weighted by molar-refractivity contribution is -0.118. The highest BCUT2D eigenvalue weighted by atomic mass is 16.5. The van der Waals surface area contributed by atoms with Crippen molar-refractivity contribution in [2.24, 2.45) is 0 Å². The van der Waals surface area contributed by atoms with Crippen LogP contribution in [0.3, 0.4) is 0 Å². The number of amides is 1. The van der Waals surface area contributed by atoms with E-state index in [1.165, 1.54) is 0 Å². The van der Waals surface area contributed by atoms with Crippen LogP contribution in [0.5, 0.6) is 5.75 Å². The number of benzene rings is 2. The van der Waals surface area contributed by atoms with E-state index < -0.39 is 0 Å². The highest BCUT2D eigenvalue weighted by Gasteiger charge is 2.18. The van der Waals surface area contributed by atoms with Gasteiger partial charge in [-0.1, -0.05) is 19.1 Å². The second-order valence-electron chi connectivity index (χ2n) is 7.20. The number of hydrogen-bond acceptors (Lipinski definition) is 5. The van der Waals surface area contributed by atoms with Gasteiger partial charge in [0, 0.05) is 11.7 Å². The van der Waals surface area contributed by atoms with E-state index in [4.69, 9.17) is 4.74 Å². The van der Waals surface area contributed by atoms with Gasteiger partial charge in [0.1, 0.15) is 11.6 Å². The van der Waals surface area contributed by atoms with Crippen molar-refractivity contribution in [2.75, 3.05) is 18.5 Å². The monoisotopic (exact) mass is 408 g/mol. The third kappa shape index (κ3) is 5.45. The third-order valence-corrected chi connectivity index (χ3v) is 5.02. The molecular weight excluding hydrogens is 380 g/mol. The molecule has 2 N–H and O–H groups in total. The van der Waals surface area contributed by atoms with E-state index in [2.05, 4.69) is 29.1 Å². The van der Waals surface area contributed by atoms with Crippen LogP contribution in [0, 0.1) is 0 Å². The largest absolute Gasteiger partial charge is 0.494 e. The Kier molecular flexibility index (Phi) is 7.19. The Morgan fingerprint density at radius 3 is 2.60 bits per heavy atom. The zero-order chi connectivity index (χ0) is 21.5. The van der Waals surface area contributed by atoms with Crippen molar-refractivity contribution in [2.45, 2.75) is 39.8 Å². The summed E-state index contributed by atoms with van der Waals surface area (Å²) in [5.74, 6) is 1.19. The number of nitrogens with one attached hydrogen (secondary N) is 2. The average molecular weight is 409 g/mol. The Balaban J connectivity index is 1.71. The molecule has 3 rings (SSSR count). The Morgan fingerprint density at radius 1 is 1.17 bits per heavy atom. The van der Waals surface area contributed by atoms with Crippen LogP contribution in [0.1, 0.15) is 33.0 Å². The maximum atomic E-state index is 12.6. The maximum absolute atomic E-state index is 12.6. The molecule has 1 amide bonds. The molecule has 7 heteroatoms. The molecule has 1 aromatic heterocycles. The molecule has 0 aliphatic heterocycles. The van der Waals surface area contributed by atoms with Crippen LogP contribution >= 0.6 is 0 Å². The average Bonchev–Trinajstić information content (AvgIpc) is 2.74. The van der Waals surface area contributed by atoms with Gasteiger partial charge in [-0.3, -0.25) is 14.5 Å². The molecule has 0 spiro atoms. The van der Waals surface area contributed by atoms with Crippen LogP contribution in [0.25, 0.3) is 10.9 Å². The van der Waals surface area contributed by atoms with Crippen LogP contribution in [-0.2, 0) is 11.3 Å². The van der Waals surface area contributed by atoms with E-state index >= 15 is 0 Å². The van der Waals surface area contributed by atoms with Gasteiger partial charge in [0.15, 0.2) is 0 Å². The quantitative estimate of drug-likeness (QED) is 0.565. The molecule has 0 radical (unpaired) electrons. The highest BCUT2D eigenvalue weighted by molar-refractivity contribution is 5.92. The van der Waals surface area contributed by atoms with Gasteiger partial charge in [0.25, 0.3) is 5.56 Å². The second kappa shape index (κ2) is 10.0. The summed E-state index contributed by atoms with van der Waals surface area (Å²) >= 11 is 0. The molecule has 0 saturated heterocycles. The number of carbonyl (C=O) groups excluding carboxylic acids is 1. The van der Waals surface area contributed by atoms with E-state index in [1.807, 2.05) is 54.3 Å². The smallest absolute Gasteiger partial charge is 0.258 e. The number of aromatic nitrogens is 2. The highest BCUT2D eigenvalue weighted by Crippen LogP contribution is 2.16. The molecule has 0 saturated carbocycles. The van der Waals surface area contributed by atoms with Gasteiger partial charge >= 0.3 is 0 Å². The molecule has 1 unspecified atom stereocenters. The summed E-state index contributed by atoms with van der Waals surface area (Å²) in [7, 11) is 0. The molecule has 0 aliphatic rings. The minimum atomic E-state index is -0.168. The van der Waals surface area contributed by atoms with Gasteiger partial charge in [-0.25, -0.2) is 4.98 Å². The molecule has 30 heavy (non-hydrogen) atoms. The SMILES string of the molecule is CCOc1ccc(NC(=O)CN(Cc2nc3ccccc3c(=O)[nH]2)C(C)CC)cc1. The first-order chi connectivity index (χ1) is 14.5. The predicted molar refractivity (Wildman–Crippen MR) is 119 cm³/mol. The van der Waals surface area contributed by atoms with Crippen molar-refractivity contribution in [3.8, 4) is 5.75 Å². The Morgan fingerprint density at radius 2 is 1.90 bits per heavy atom. The second-order valence-corrected chi connectivity index (χ2v) is 7.20. The minimum absolute atomic E-state index is 0.123. The van der Waals surface area contributed by atoms with Crippen molar-refractivity contribution in [1.82, 2.24) is 14.9 Å². The van der Waals surface area contributed by atoms with Crippen LogP contribution in [0.4, 0.5) is 5.69 Å². The number of aromatic amines is 1. The summed E-state index contributed by atoms with van der Waals surface area (Å²) in [6.07, 6.45) is 0.869. The summed E-state index contributed by atoms with van der Waals surface area (Å²) < 4.78 is 5.43. The van der Waals surface area contributed by atoms with Crippen LogP contribution in [-0.4, -0.2) is 40.0 Å². The Labute approximate surface area is 176 Å². The standard InChI is InChI=1S/C23H28N4O3/c1-4-16(3)27(14-21-25-20-9-7-6-8-19(20)23(29)26-21)15-22(28)24-17-10-12-18(13-11-17)30-5-2/h6-13,16H,4-5,14-15H2,1-3H3,(H,24,28)(H,25,26,29). The summed E-state index contributed by atoms with van der Waals surface area (Å²) in [4.78, 5) is 34.4. The van der Waals surface area contributed by atoms with Gasteiger partial charge in [-0.05, 0) is 56.7 Å². The number of rotatable bonds is 9. The van der Waals surface area contributed by atoms with Gasteiger partial charge < -0.3 is 15.0 Å². The zero-order valence-corrected chi connectivity index (χ0v) is 17.6. The molecule has 158 valence electrons. The van der Waals surface area contributed by atoms with Crippen molar-refractivity contribution >= 4 is 22.5 Å². The van der Waals surface area contributed by atoms with E-state index in [1.54, 1.807) is 6.07 Å². The van der Waals surface area contributed by atoms with Crippen molar-refractivity contribution < 1.29 is 9.53 Å². The summed E-state index contributed by atoms with van der Waals surface area (Å²) in [6, 6.07) is 14.7. The molecule has 1 atom stereocenters. The molecule has 0 aliphatic carbocycles. The van der Waals surface area contributed by atoms with Crippen LogP contribution < -0.4 is 15.6 Å². The number of carbonyl (C=O) groups is 1. The molecule has 1 heterocycles. The van der Waals surface area contributed by atoms with Crippen LogP contribution in [0.2, 0.25) is 0 Å². The lowest BCUT2D eigenvalue weighted by Crippen LogP contribution is -2.39. The molecule has 0 fully saturated rings. The maximum Gasteiger partial charge on any atom is 0.258 e. The van der Waals surface area contributed by atoms with Gasteiger partial charge in [-0.2, -0.15) is 0 Å². The molecular formula is C23H28N4O3. The summed E-state index contributed by atoms with van der Waals surface area (Å²) in [5.41, 5.74) is 1.20. The fourth-order valence-electron chi connectivity index (χ4n) is 3.21. The van der Waals surface area contributed by atoms with E-state index in [9.17, 15) is 9.59 Å². The predicted octanol–water partition coefficient (Wildman–Crippen LogP) is 3.56. The summed E-state index contributed by atoms with van der Waals surface area (Å²) in [6.45, 7) is 7.23. The molecule has 0 bridgehead atoms. The van der Waals surface area contributed by atoms with Gasteiger partial charge in [0.2, 0.25) is 5.91 Å². The third-order valence-electron chi connectivity index (χ3n) is 5.02. The number of ether oxygens (including phenoxy) is 1. The molecule has 2 aromatic carbocycles. The first kappa shape index (κ1) is 21.5. The Bertz CT molecular complexity index is 1050. The van der Waals surface area contributed by atoms with E-state index in [0.717, 1.165) is 12.2 Å². The van der Waals surface area contributed by atoms with Crippen LogP contribution in [0.15, 0.2) is 53.3 Å². The van der Waals surface area contributed by atoms with Gasteiger partial charge in [-0.15, -0.1) is 0 Å². The molecule has 3 aromatic rings. The zero-order valence-electron chi connectivity index (χ0n) is 17.6. The van der Waals surface area contributed by atoms with Crippen molar-refractivity contribution in [3.05, 3.63) is 64.7 Å². The topological polar surface area (TPSA) is 87.3 Å². The number of para-hydroxylation sites is 1. The molecule has 7 nitrogen and oxygen atoms in total. The fourth-order valence-corrected chi connectivity index (χ4v) is 3.21. The lowest BCUT2D eigenvalue weighted by atomic mass is 10.2. The van der Waals surface area contributed by atoms with Crippen molar-refractivity contribution in [1.29, 1.82) is 0 Å². The van der Waals surface area contributed by atoms with Crippen molar-refractivity contribution in [3.63, 3.8) is 0 Å². The number of H-pyrrole nitrogens is 1. The van der Waals surface area contributed by atoms with Gasteiger partial charge in [0.05, 0.1) is 30.6 Å². The lowest BCUT2D eigenvalue weighted by Gasteiger charge is -2.27. The van der Waals surface area contributed by atoms with E-state index in [-0.39, 0.29) is 24.1 Å². The number of nitrogens with zero attached hydrogens (tertiary/aromatic N) is 2. The fraction of sp³-hybridized carbons (Fsp3) is 0.348. The summed E-state index contributed by atoms with van der Waals surface area (Å²) in [5, 5.41) is 3.48. The minimum Gasteiger partial charge on any atom is -0.494 e. The normalized spacial score (nSPS) is 12.1. The number of fused-ring (bicyclic) bond motifs is 1. The number of hydrogen-bond donors (Lipinski definition) is 2.